The highest BCUT2D eigenvalue weighted by molar-refractivity contribution is 6.42. The molecule has 0 saturated heterocycles. The average Bonchev–Trinajstić information content (AvgIpc) is 2.42. The van der Waals surface area contributed by atoms with Gasteiger partial charge in [-0.05, 0) is 51.1 Å². The van der Waals surface area contributed by atoms with Gasteiger partial charge >= 0.3 is 0 Å². The first-order valence-corrected chi connectivity index (χ1v) is 7.38. The number of carbonyl (C=O) groups excluding carboxylic acids is 1. The molecule has 0 bridgehead atoms. The first kappa shape index (κ1) is 16.5. The molecule has 0 saturated carbocycles. The van der Waals surface area contributed by atoms with Crippen molar-refractivity contribution in [2.24, 2.45) is 0 Å². The summed E-state index contributed by atoms with van der Waals surface area (Å²) in [5.41, 5.74) is 0.667. The zero-order valence-corrected chi connectivity index (χ0v) is 14.0. The first-order chi connectivity index (χ1) is 10.2. The molecule has 2 N–H and O–H groups in total. The summed E-state index contributed by atoms with van der Waals surface area (Å²) in [7, 11) is 0. The second kappa shape index (κ2) is 6.50. The van der Waals surface area contributed by atoms with Gasteiger partial charge in [-0.25, -0.2) is 0 Å². The molecule has 0 atom stereocenters. The number of nitrogens with zero attached hydrogens (tertiary/aromatic N) is 2. The Morgan fingerprint density at radius 1 is 1.05 bits per heavy atom. The molecule has 0 fully saturated rings. The number of amides is 1. The van der Waals surface area contributed by atoms with E-state index in [0.29, 0.717) is 15.9 Å². The summed E-state index contributed by atoms with van der Waals surface area (Å²) < 4.78 is 0. The highest BCUT2D eigenvalue weighted by Gasteiger charge is 2.16. The van der Waals surface area contributed by atoms with E-state index in [1.165, 1.54) is 0 Å². The van der Waals surface area contributed by atoms with Gasteiger partial charge in [0, 0.05) is 11.2 Å². The maximum Gasteiger partial charge on any atom is 0.272 e. The van der Waals surface area contributed by atoms with Gasteiger partial charge in [-0.2, -0.15) is 0 Å². The molecule has 0 unspecified atom stereocenters. The lowest BCUT2D eigenvalue weighted by molar-refractivity contribution is 0.0913. The summed E-state index contributed by atoms with van der Waals surface area (Å²) in [4.78, 5) is 11.9. The smallest absolute Gasteiger partial charge is 0.272 e. The fourth-order valence-corrected chi connectivity index (χ4v) is 1.94. The van der Waals surface area contributed by atoms with Crippen LogP contribution in [0.3, 0.4) is 0 Å². The number of carbonyl (C=O) groups is 1. The van der Waals surface area contributed by atoms with E-state index in [1.54, 1.807) is 30.3 Å². The number of nitrogens with one attached hydrogen (secondary N) is 2. The maximum atomic E-state index is 11.9. The van der Waals surface area contributed by atoms with Crippen LogP contribution in [0, 0.1) is 0 Å². The molecule has 0 spiro atoms. The molecule has 0 aliphatic rings. The van der Waals surface area contributed by atoms with E-state index in [4.69, 9.17) is 23.2 Å². The van der Waals surface area contributed by atoms with E-state index >= 15 is 0 Å². The van der Waals surface area contributed by atoms with Crippen LogP contribution in [0.15, 0.2) is 30.3 Å². The lowest BCUT2D eigenvalue weighted by Crippen LogP contribution is -2.41. The molecule has 22 heavy (non-hydrogen) atoms. The van der Waals surface area contributed by atoms with E-state index in [9.17, 15) is 4.79 Å². The number of hydrogen-bond donors (Lipinski definition) is 2. The first-order valence-electron chi connectivity index (χ1n) is 6.63. The summed E-state index contributed by atoms with van der Waals surface area (Å²) in [5, 5.41) is 14.7. The molecule has 0 aliphatic carbocycles. The monoisotopic (exact) mass is 338 g/mol. The Labute approximate surface area is 139 Å². The number of halogens is 2. The molecule has 1 heterocycles. The van der Waals surface area contributed by atoms with Crippen LogP contribution in [-0.4, -0.2) is 21.6 Å². The fraction of sp³-hybridized carbons (Fsp3) is 0.267. The Morgan fingerprint density at radius 3 is 2.32 bits per heavy atom. The van der Waals surface area contributed by atoms with Gasteiger partial charge in [-0.3, -0.25) is 4.79 Å². The average molecular weight is 339 g/mol. The minimum Gasteiger partial charge on any atom is -0.346 e. The van der Waals surface area contributed by atoms with Gasteiger partial charge in [-0.15, -0.1) is 10.2 Å². The van der Waals surface area contributed by atoms with E-state index in [2.05, 4.69) is 20.8 Å². The molecular formula is C15H16Cl2N4O. The van der Waals surface area contributed by atoms with Crippen molar-refractivity contribution in [1.82, 2.24) is 15.5 Å². The normalized spacial score (nSPS) is 11.1. The lowest BCUT2D eigenvalue weighted by atomic mass is 10.1. The molecule has 0 aliphatic heterocycles. The van der Waals surface area contributed by atoms with Gasteiger partial charge in [0.15, 0.2) is 11.5 Å². The van der Waals surface area contributed by atoms with Crippen LogP contribution >= 0.6 is 23.2 Å². The van der Waals surface area contributed by atoms with Crippen LogP contribution in [-0.2, 0) is 0 Å². The second-order valence-corrected chi connectivity index (χ2v) is 6.58. The number of rotatable bonds is 3. The molecule has 5 nitrogen and oxygen atoms in total. The van der Waals surface area contributed by atoms with Crippen LogP contribution in [0.5, 0.6) is 0 Å². The Bertz CT molecular complexity index is 681. The lowest BCUT2D eigenvalue weighted by Gasteiger charge is -2.19. The summed E-state index contributed by atoms with van der Waals surface area (Å²) in [6.45, 7) is 5.70. The quantitative estimate of drug-likeness (QED) is 0.885. The van der Waals surface area contributed by atoms with Crippen LogP contribution in [0.25, 0.3) is 0 Å². The fourth-order valence-electron chi connectivity index (χ4n) is 1.65. The van der Waals surface area contributed by atoms with Gasteiger partial charge in [0.2, 0.25) is 0 Å². The third-order valence-corrected chi connectivity index (χ3v) is 3.32. The zero-order chi connectivity index (χ0) is 16.3. The Hall–Kier alpha value is -1.85. The van der Waals surface area contributed by atoms with Gasteiger partial charge in [-0.1, -0.05) is 23.2 Å². The van der Waals surface area contributed by atoms with Crippen molar-refractivity contribution < 1.29 is 4.79 Å². The highest BCUT2D eigenvalue weighted by Crippen LogP contribution is 2.26. The van der Waals surface area contributed by atoms with Crippen molar-refractivity contribution in [3.05, 3.63) is 46.1 Å². The standard InChI is InChI=1S/C15H16Cl2N4O/c1-15(2,3)19-14(22)12-6-7-13(21-20-12)18-9-4-5-10(16)11(17)8-9/h4-8H,1-3H3,(H,18,21)(H,19,22). The van der Waals surface area contributed by atoms with Crippen LogP contribution < -0.4 is 10.6 Å². The number of benzene rings is 1. The topological polar surface area (TPSA) is 66.9 Å². The van der Waals surface area contributed by atoms with E-state index in [1.807, 2.05) is 20.8 Å². The Balaban J connectivity index is 2.08. The molecule has 116 valence electrons. The Kier molecular flexibility index (Phi) is 4.88. The van der Waals surface area contributed by atoms with Crippen LogP contribution in [0.4, 0.5) is 11.5 Å². The summed E-state index contributed by atoms with van der Waals surface area (Å²) in [6, 6.07) is 8.42. The number of anilines is 2. The summed E-state index contributed by atoms with van der Waals surface area (Å²) in [5.74, 6) is 0.242. The van der Waals surface area contributed by atoms with Crippen molar-refractivity contribution in [1.29, 1.82) is 0 Å². The van der Waals surface area contributed by atoms with E-state index < -0.39 is 0 Å². The van der Waals surface area contributed by atoms with Gasteiger partial charge in [0.05, 0.1) is 10.0 Å². The van der Waals surface area contributed by atoms with Gasteiger partial charge in [0.1, 0.15) is 0 Å². The zero-order valence-electron chi connectivity index (χ0n) is 12.4. The molecule has 1 aromatic heterocycles. The molecular weight excluding hydrogens is 323 g/mol. The highest BCUT2D eigenvalue weighted by atomic mass is 35.5. The molecule has 1 aromatic carbocycles. The molecule has 2 rings (SSSR count). The largest absolute Gasteiger partial charge is 0.346 e. The van der Waals surface area contributed by atoms with Crippen molar-refractivity contribution in [3.8, 4) is 0 Å². The van der Waals surface area contributed by atoms with Crippen molar-refractivity contribution >= 4 is 40.6 Å². The number of hydrogen-bond acceptors (Lipinski definition) is 4. The maximum absolute atomic E-state index is 11.9. The van der Waals surface area contributed by atoms with Gasteiger partial charge < -0.3 is 10.6 Å². The van der Waals surface area contributed by atoms with Gasteiger partial charge in [0.25, 0.3) is 5.91 Å². The SMILES string of the molecule is CC(C)(C)NC(=O)c1ccc(Nc2ccc(Cl)c(Cl)c2)nn1. The van der Waals surface area contributed by atoms with E-state index in [-0.39, 0.29) is 17.1 Å². The predicted molar refractivity (Wildman–Crippen MR) is 89.0 cm³/mol. The number of aromatic nitrogens is 2. The Morgan fingerprint density at radius 2 is 1.77 bits per heavy atom. The van der Waals surface area contributed by atoms with Crippen molar-refractivity contribution in [2.75, 3.05) is 5.32 Å². The molecule has 7 heteroatoms. The second-order valence-electron chi connectivity index (χ2n) is 5.76. The predicted octanol–water partition coefficient (Wildman–Crippen LogP) is 4.06. The minimum atomic E-state index is -0.324. The van der Waals surface area contributed by atoms with Crippen molar-refractivity contribution in [2.45, 2.75) is 26.3 Å². The van der Waals surface area contributed by atoms with Crippen molar-refractivity contribution in [3.63, 3.8) is 0 Å². The third-order valence-electron chi connectivity index (χ3n) is 2.58. The summed E-state index contributed by atoms with van der Waals surface area (Å²) >= 11 is 11.8. The molecule has 2 aromatic rings. The van der Waals surface area contributed by atoms with Crippen LogP contribution in [0.1, 0.15) is 31.3 Å². The molecule has 0 radical (unpaired) electrons. The van der Waals surface area contributed by atoms with E-state index in [0.717, 1.165) is 5.69 Å². The summed E-state index contributed by atoms with van der Waals surface area (Å²) in [6.07, 6.45) is 0. The minimum absolute atomic E-state index is 0.259. The molecule has 1 amide bonds. The third kappa shape index (κ3) is 4.58. The van der Waals surface area contributed by atoms with Crippen LogP contribution in [0.2, 0.25) is 10.0 Å².